The average Bonchev–Trinajstić information content (AvgIpc) is 2.47. The number of alkyl halides is 4. The molecule has 0 saturated heterocycles. The number of nitrogens with zero attached hydrogens (tertiary/aromatic N) is 2. The number of hydrogen-bond donors (Lipinski definition) is 2. The SMILES string of the molecule is Oc1ccccc1N=Nc1cc(OC(F)CC(F)(F)F)ccc1O. The summed E-state index contributed by atoms with van der Waals surface area (Å²) < 4.78 is 54.0. The number of rotatable bonds is 5. The van der Waals surface area contributed by atoms with E-state index < -0.39 is 19.0 Å². The first kappa shape index (κ1) is 17.5. The second-order valence-electron chi connectivity index (χ2n) is 4.69. The second kappa shape index (κ2) is 7.16. The van der Waals surface area contributed by atoms with Crippen molar-refractivity contribution in [3.05, 3.63) is 42.5 Å². The lowest BCUT2D eigenvalue weighted by Crippen LogP contribution is -2.20. The molecule has 2 rings (SSSR count). The van der Waals surface area contributed by atoms with E-state index in [1.54, 1.807) is 12.1 Å². The molecule has 2 N–H and O–H groups in total. The number of para-hydroxylation sites is 1. The van der Waals surface area contributed by atoms with E-state index in [-0.39, 0.29) is 28.6 Å². The molecule has 0 amide bonds. The van der Waals surface area contributed by atoms with Gasteiger partial charge in [-0.1, -0.05) is 12.1 Å². The zero-order valence-electron chi connectivity index (χ0n) is 12.0. The quantitative estimate of drug-likeness (QED) is 0.582. The van der Waals surface area contributed by atoms with Gasteiger partial charge in [0.25, 0.3) is 0 Å². The van der Waals surface area contributed by atoms with E-state index in [0.717, 1.165) is 18.2 Å². The Morgan fingerprint density at radius 3 is 2.25 bits per heavy atom. The number of phenolic OH excluding ortho intramolecular Hbond substituents is 2. The molecular weight excluding hydrogens is 332 g/mol. The highest BCUT2D eigenvalue weighted by Gasteiger charge is 2.33. The van der Waals surface area contributed by atoms with Crippen LogP contribution in [0.4, 0.5) is 28.9 Å². The first-order valence-electron chi connectivity index (χ1n) is 6.65. The van der Waals surface area contributed by atoms with Crippen molar-refractivity contribution in [3.8, 4) is 17.2 Å². The van der Waals surface area contributed by atoms with Crippen LogP contribution in [0.1, 0.15) is 6.42 Å². The van der Waals surface area contributed by atoms with Crippen LogP contribution in [0.2, 0.25) is 0 Å². The summed E-state index contributed by atoms with van der Waals surface area (Å²) in [5.41, 5.74) is -0.0429. The molecule has 5 nitrogen and oxygen atoms in total. The monoisotopic (exact) mass is 344 g/mol. The van der Waals surface area contributed by atoms with Crippen molar-refractivity contribution in [1.29, 1.82) is 0 Å². The average molecular weight is 344 g/mol. The molecule has 0 spiro atoms. The van der Waals surface area contributed by atoms with Crippen LogP contribution in [0.3, 0.4) is 0 Å². The Balaban J connectivity index is 2.15. The number of phenols is 2. The van der Waals surface area contributed by atoms with Crippen molar-refractivity contribution in [2.24, 2.45) is 10.2 Å². The van der Waals surface area contributed by atoms with Gasteiger partial charge in [-0.05, 0) is 24.3 Å². The fourth-order valence-electron chi connectivity index (χ4n) is 1.68. The summed E-state index contributed by atoms with van der Waals surface area (Å²) in [6, 6.07) is 9.20. The topological polar surface area (TPSA) is 74.4 Å². The van der Waals surface area contributed by atoms with Crippen molar-refractivity contribution in [2.75, 3.05) is 0 Å². The predicted octanol–water partition coefficient (Wildman–Crippen LogP) is 5.14. The van der Waals surface area contributed by atoms with Gasteiger partial charge in [-0.3, -0.25) is 0 Å². The summed E-state index contributed by atoms with van der Waals surface area (Å²) in [5.74, 6) is -0.745. The van der Waals surface area contributed by atoms with Gasteiger partial charge in [0.2, 0.25) is 6.36 Å². The Bertz CT molecular complexity index is 735. The molecule has 0 aliphatic rings. The number of benzene rings is 2. The molecule has 0 aliphatic carbocycles. The van der Waals surface area contributed by atoms with Crippen LogP contribution in [0.25, 0.3) is 0 Å². The minimum absolute atomic E-state index is 0.115. The van der Waals surface area contributed by atoms with Crippen LogP contribution in [-0.2, 0) is 0 Å². The Labute approximate surface area is 133 Å². The minimum atomic E-state index is -4.70. The summed E-state index contributed by atoms with van der Waals surface area (Å²) in [6.45, 7) is 0. The van der Waals surface area contributed by atoms with Crippen molar-refractivity contribution in [3.63, 3.8) is 0 Å². The Hall–Kier alpha value is -2.84. The number of halogens is 4. The summed E-state index contributed by atoms with van der Waals surface area (Å²) >= 11 is 0. The standard InChI is InChI=1S/C15H12F4N2O3/c16-14(8-15(17,18)19)24-9-5-6-13(23)11(7-9)21-20-10-3-1-2-4-12(10)22/h1-7,14,22-23H,8H2. The predicted molar refractivity (Wildman–Crippen MR) is 76.6 cm³/mol. The first-order chi connectivity index (χ1) is 11.2. The van der Waals surface area contributed by atoms with Gasteiger partial charge in [0.1, 0.15) is 35.0 Å². The van der Waals surface area contributed by atoms with E-state index in [2.05, 4.69) is 15.0 Å². The lowest BCUT2D eigenvalue weighted by molar-refractivity contribution is -0.166. The van der Waals surface area contributed by atoms with Crippen LogP contribution in [0.5, 0.6) is 17.2 Å². The maximum absolute atomic E-state index is 13.2. The zero-order chi connectivity index (χ0) is 17.7. The van der Waals surface area contributed by atoms with Gasteiger partial charge in [0.15, 0.2) is 0 Å². The third-order valence-electron chi connectivity index (χ3n) is 2.75. The highest BCUT2D eigenvalue weighted by molar-refractivity contribution is 5.56. The van der Waals surface area contributed by atoms with Crippen LogP contribution in [-0.4, -0.2) is 22.7 Å². The second-order valence-corrected chi connectivity index (χ2v) is 4.69. The molecule has 0 radical (unpaired) electrons. The summed E-state index contributed by atoms with van der Waals surface area (Å²) in [5, 5.41) is 26.6. The number of ether oxygens (including phenoxy) is 1. The Morgan fingerprint density at radius 1 is 0.958 bits per heavy atom. The van der Waals surface area contributed by atoms with Crippen molar-refractivity contribution in [2.45, 2.75) is 19.0 Å². The van der Waals surface area contributed by atoms with Gasteiger partial charge < -0.3 is 14.9 Å². The molecule has 9 heteroatoms. The zero-order valence-corrected chi connectivity index (χ0v) is 12.0. The molecule has 128 valence electrons. The first-order valence-corrected chi connectivity index (χ1v) is 6.65. The van der Waals surface area contributed by atoms with Gasteiger partial charge in [0.05, 0.1) is 0 Å². The maximum atomic E-state index is 13.2. The van der Waals surface area contributed by atoms with E-state index in [0.29, 0.717) is 0 Å². The molecule has 0 saturated carbocycles. The van der Waals surface area contributed by atoms with E-state index in [9.17, 15) is 27.8 Å². The van der Waals surface area contributed by atoms with E-state index in [1.807, 2.05) is 0 Å². The van der Waals surface area contributed by atoms with E-state index in [4.69, 9.17) is 0 Å². The van der Waals surface area contributed by atoms with Gasteiger partial charge in [-0.2, -0.15) is 13.2 Å². The molecule has 2 aromatic carbocycles. The maximum Gasteiger partial charge on any atom is 0.395 e. The van der Waals surface area contributed by atoms with Gasteiger partial charge >= 0.3 is 6.18 Å². The molecule has 0 aliphatic heterocycles. The number of hydrogen-bond acceptors (Lipinski definition) is 5. The van der Waals surface area contributed by atoms with Crippen LogP contribution in [0.15, 0.2) is 52.7 Å². The lowest BCUT2D eigenvalue weighted by atomic mass is 10.3. The molecule has 0 fully saturated rings. The van der Waals surface area contributed by atoms with Crippen molar-refractivity contribution < 1.29 is 32.5 Å². The number of aromatic hydroxyl groups is 2. The largest absolute Gasteiger partial charge is 0.506 e. The van der Waals surface area contributed by atoms with Crippen LogP contribution in [0, 0.1) is 0 Å². The molecule has 2 aromatic rings. The van der Waals surface area contributed by atoms with Gasteiger partial charge in [0, 0.05) is 6.07 Å². The normalized spacial score (nSPS) is 13.2. The highest BCUT2D eigenvalue weighted by atomic mass is 19.4. The summed E-state index contributed by atoms with van der Waals surface area (Å²) in [7, 11) is 0. The van der Waals surface area contributed by atoms with Crippen molar-refractivity contribution in [1.82, 2.24) is 0 Å². The molecule has 1 unspecified atom stereocenters. The molecule has 24 heavy (non-hydrogen) atoms. The molecule has 0 bridgehead atoms. The summed E-state index contributed by atoms with van der Waals surface area (Å²) in [6.07, 6.45) is -9.05. The molecule has 1 atom stereocenters. The van der Waals surface area contributed by atoms with Crippen LogP contribution < -0.4 is 4.74 Å². The fourth-order valence-corrected chi connectivity index (χ4v) is 1.68. The van der Waals surface area contributed by atoms with E-state index in [1.165, 1.54) is 12.1 Å². The van der Waals surface area contributed by atoms with Gasteiger partial charge in [-0.25, -0.2) is 4.39 Å². The summed E-state index contributed by atoms with van der Waals surface area (Å²) in [4.78, 5) is 0. The fraction of sp³-hybridized carbons (Fsp3) is 0.200. The van der Waals surface area contributed by atoms with Gasteiger partial charge in [-0.15, -0.1) is 10.2 Å². The highest BCUT2D eigenvalue weighted by Crippen LogP contribution is 2.34. The third-order valence-corrected chi connectivity index (χ3v) is 2.75. The van der Waals surface area contributed by atoms with E-state index >= 15 is 0 Å². The minimum Gasteiger partial charge on any atom is -0.506 e. The third kappa shape index (κ3) is 5.11. The van der Waals surface area contributed by atoms with Crippen LogP contribution >= 0.6 is 0 Å². The molecule has 0 heterocycles. The molecule has 0 aromatic heterocycles. The van der Waals surface area contributed by atoms with Crippen molar-refractivity contribution >= 4 is 11.4 Å². The Morgan fingerprint density at radius 2 is 1.58 bits per heavy atom. The lowest BCUT2D eigenvalue weighted by Gasteiger charge is -2.13. The Kier molecular flexibility index (Phi) is 5.22. The molecular formula is C15H12F4N2O3. The number of azo groups is 1. The smallest absolute Gasteiger partial charge is 0.395 e.